The summed E-state index contributed by atoms with van der Waals surface area (Å²) in [5.41, 5.74) is 12.6. The smallest absolute Gasteiger partial charge is 0.0859 e. The van der Waals surface area contributed by atoms with Crippen LogP contribution in [0.4, 0.5) is 0 Å². The van der Waals surface area contributed by atoms with Crippen molar-refractivity contribution in [3.05, 3.63) is 11.9 Å². The number of hydrazine groups is 2. The van der Waals surface area contributed by atoms with Gasteiger partial charge in [-0.15, -0.1) is 5.53 Å². The van der Waals surface area contributed by atoms with Crippen LogP contribution in [0.3, 0.4) is 0 Å². The van der Waals surface area contributed by atoms with Crippen LogP contribution in [0.1, 0.15) is 19.3 Å². The lowest BCUT2D eigenvalue weighted by molar-refractivity contribution is 0.153. The van der Waals surface area contributed by atoms with Crippen LogP contribution in [-0.2, 0) is 0 Å². The van der Waals surface area contributed by atoms with Gasteiger partial charge in [-0.05, 0) is 19.3 Å². The van der Waals surface area contributed by atoms with Crippen LogP contribution in [-0.4, -0.2) is 28.8 Å². The largest absolute Gasteiger partial charge is 0.390 e. The Morgan fingerprint density at radius 1 is 1.62 bits per heavy atom. The van der Waals surface area contributed by atoms with Gasteiger partial charge >= 0.3 is 0 Å². The van der Waals surface area contributed by atoms with Crippen LogP contribution < -0.4 is 16.7 Å². The molecule has 1 saturated carbocycles. The molecule has 2 aliphatic rings. The van der Waals surface area contributed by atoms with Gasteiger partial charge in [-0.1, -0.05) is 0 Å². The lowest BCUT2D eigenvalue weighted by Crippen LogP contribution is -2.44. The third kappa shape index (κ3) is 1.63. The van der Waals surface area contributed by atoms with Crippen LogP contribution >= 0.6 is 0 Å². The quantitative estimate of drug-likeness (QED) is 0.444. The number of nitrogens with one attached hydrogen (secondary N) is 2. The maximum Gasteiger partial charge on any atom is 0.0859 e. The number of aliphatic hydroxyl groups excluding tert-OH is 1. The second-order valence-corrected chi connectivity index (χ2v) is 3.65. The molecule has 1 fully saturated rings. The molecule has 13 heavy (non-hydrogen) atoms. The number of rotatable bonds is 2. The summed E-state index contributed by atoms with van der Waals surface area (Å²) in [6.07, 6.45) is 4.94. The molecule has 0 aromatic carbocycles. The van der Waals surface area contributed by atoms with Crippen LogP contribution in [0, 0.1) is 0 Å². The van der Waals surface area contributed by atoms with Crippen molar-refractivity contribution in [2.75, 3.05) is 6.61 Å². The predicted molar refractivity (Wildman–Crippen MR) is 48.9 cm³/mol. The molecule has 74 valence electrons. The monoisotopic (exact) mass is 184 g/mol. The number of nitrogens with two attached hydrogens (primary N) is 1. The summed E-state index contributed by atoms with van der Waals surface area (Å²) in [7, 11) is 0. The van der Waals surface area contributed by atoms with Gasteiger partial charge in [0, 0.05) is 18.3 Å². The molecule has 5 heteroatoms. The van der Waals surface area contributed by atoms with Crippen LogP contribution in [0.2, 0.25) is 0 Å². The van der Waals surface area contributed by atoms with E-state index in [0.29, 0.717) is 12.1 Å². The first-order valence-electron chi connectivity index (χ1n) is 4.67. The highest BCUT2D eigenvalue weighted by molar-refractivity contribution is 5.05. The van der Waals surface area contributed by atoms with E-state index in [1.165, 1.54) is 0 Å². The molecule has 2 atom stereocenters. The molecule has 0 radical (unpaired) electrons. The first-order chi connectivity index (χ1) is 6.31. The van der Waals surface area contributed by atoms with Gasteiger partial charge in [0.25, 0.3) is 0 Å². The zero-order valence-corrected chi connectivity index (χ0v) is 7.53. The molecule has 2 rings (SSSR count). The predicted octanol–water partition coefficient (Wildman–Crippen LogP) is -0.975. The van der Waals surface area contributed by atoms with E-state index >= 15 is 0 Å². The summed E-state index contributed by atoms with van der Waals surface area (Å²) < 4.78 is 0. The maximum absolute atomic E-state index is 9.04. The zero-order chi connectivity index (χ0) is 9.26. The molecule has 5 N–H and O–H groups in total. The highest BCUT2D eigenvalue weighted by Gasteiger charge is 2.30. The number of hydrogen-bond acceptors (Lipinski definition) is 5. The molecule has 0 amide bonds. The second kappa shape index (κ2) is 3.53. The molecule has 1 aliphatic carbocycles. The highest BCUT2D eigenvalue weighted by Crippen LogP contribution is 2.24. The number of hydrogen-bond donors (Lipinski definition) is 4. The molecule has 2 unspecified atom stereocenters. The van der Waals surface area contributed by atoms with Gasteiger partial charge in [0.15, 0.2) is 0 Å². The fourth-order valence-corrected chi connectivity index (χ4v) is 2.00. The molecule has 0 spiro atoms. The van der Waals surface area contributed by atoms with Crippen LogP contribution in [0.5, 0.6) is 0 Å². The maximum atomic E-state index is 9.04. The Bertz CT molecular complexity index is 218. The minimum absolute atomic E-state index is 0.0612. The van der Waals surface area contributed by atoms with Gasteiger partial charge in [-0.25, -0.2) is 0 Å². The van der Waals surface area contributed by atoms with Crippen molar-refractivity contribution in [3.63, 3.8) is 0 Å². The molecular weight excluding hydrogens is 168 g/mol. The Hall–Kier alpha value is -0.780. The minimum Gasteiger partial charge on any atom is -0.390 e. The Balaban J connectivity index is 1.97. The fourth-order valence-electron chi connectivity index (χ4n) is 2.00. The molecule has 0 bridgehead atoms. The standard InChI is InChI=1S/C8H16N4O/c9-6-1-2-7(3-6)12-8(5-13)4-10-11-12/h4,6-7,10-11,13H,1-3,5,9H2. The summed E-state index contributed by atoms with van der Waals surface area (Å²) in [5, 5.41) is 11.0. The molecule has 0 aromatic heterocycles. The molecular formula is C8H16N4O. The summed E-state index contributed by atoms with van der Waals surface area (Å²) in [6.45, 7) is 0.0612. The lowest BCUT2D eigenvalue weighted by Gasteiger charge is -2.26. The van der Waals surface area contributed by atoms with E-state index in [4.69, 9.17) is 10.8 Å². The van der Waals surface area contributed by atoms with Gasteiger partial charge in [-0.3, -0.25) is 5.01 Å². The third-order valence-corrected chi connectivity index (χ3v) is 2.71. The van der Waals surface area contributed by atoms with Gasteiger partial charge in [0.1, 0.15) is 0 Å². The van der Waals surface area contributed by atoms with Crippen molar-refractivity contribution >= 4 is 0 Å². The summed E-state index contributed by atoms with van der Waals surface area (Å²) in [4.78, 5) is 0. The number of aliphatic hydroxyl groups is 1. The topological polar surface area (TPSA) is 73.5 Å². The van der Waals surface area contributed by atoms with E-state index in [1.54, 1.807) is 6.20 Å². The average Bonchev–Trinajstić information content (AvgIpc) is 2.71. The molecule has 0 aromatic rings. The Labute approximate surface area is 77.5 Å². The van der Waals surface area contributed by atoms with Crippen LogP contribution in [0.15, 0.2) is 11.9 Å². The first kappa shape index (κ1) is 8.80. The molecule has 1 aliphatic heterocycles. The Morgan fingerprint density at radius 2 is 2.46 bits per heavy atom. The van der Waals surface area contributed by atoms with Crippen molar-refractivity contribution in [2.45, 2.75) is 31.3 Å². The number of nitrogens with zero attached hydrogens (tertiary/aromatic N) is 1. The zero-order valence-electron chi connectivity index (χ0n) is 7.53. The van der Waals surface area contributed by atoms with Crippen molar-refractivity contribution in [1.29, 1.82) is 0 Å². The van der Waals surface area contributed by atoms with E-state index in [2.05, 4.69) is 11.0 Å². The van der Waals surface area contributed by atoms with Crippen LogP contribution in [0.25, 0.3) is 0 Å². The van der Waals surface area contributed by atoms with Gasteiger partial charge in [0.05, 0.1) is 12.3 Å². The van der Waals surface area contributed by atoms with Gasteiger partial charge < -0.3 is 16.3 Å². The molecule has 1 heterocycles. The van der Waals surface area contributed by atoms with E-state index < -0.39 is 0 Å². The van der Waals surface area contributed by atoms with E-state index in [-0.39, 0.29) is 6.61 Å². The van der Waals surface area contributed by atoms with E-state index in [1.807, 2.05) is 5.01 Å². The van der Waals surface area contributed by atoms with Crippen molar-refractivity contribution in [3.8, 4) is 0 Å². The summed E-state index contributed by atoms with van der Waals surface area (Å²) >= 11 is 0. The third-order valence-electron chi connectivity index (χ3n) is 2.71. The second-order valence-electron chi connectivity index (χ2n) is 3.65. The fraction of sp³-hybridized carbons (Fsp3) is 0.750. The molecule has 0 saturated heterocycles. The SMILES string of the molecule is NC1CCC(N2NNC=C2CO)C1. The minimum atomic E-state index is 0.0612. The van der Waals surface area contributed by atoms with Crippen molar-refractivity contribution < 1.29 is 5.11 Å². The summed E-state index contributed by atoms with van der Waals surface area (Å²) in [5.74, 6) is 0. The normalized spacial score (nSPS) is 33.4. The average molecular weight is 184 g/mol. The Morgan fingerprint density at radius 3 is 3.08 bits per heavy atom. The highest BCUT2D eigenvalue weighted by atomic mass is 16.3. The van der Waals surface area contributed by atoms with E-state index in [0.717, 1.165) is 25.0 Å². The van der Waals surface area contributed by atoms with Crippen molar-refractivity contribution in [2.24, 2.45) is 5.73 Å². The van der Waals surface area contributed by atoms with Gasteiger partial charge in [0.2, 0.25) is 0 Å². The Kier molecular flexibility index (Phi) is 2.39. The van der Waals surface area contributed by atoms with Crippen molar-refractivity contribution in [1.82, 2.24) is 16.0 Å². The lowest BCUT2D eigenvalue weighted by atomic mass is 10.2. The molecule has 5 nitrogen and oxygen atoms in total. The van der Waals surface area contributed by atoms with Gasteiger partial charge in [-0.2, -0.15) is 0 Å². The first-order valence-corrected chi connectivity index (χ1v) is 4.67. The summed E-state index contributed by atoms with van der Waals surface area (Å²) in [6, 6.07) is 0.732. The van der Waals surface area contributed by atoms with E-state index in [9.17, 15) is 0 Å².